The first-order valence-corrected chi connectivity index (χ1v) is 6.73. The van der Waals surface area contributed by atoms with E-state index in [0.717, 1.165) is 0 Å². The summed E-state index contributed by atoms with van der Waals surface area (Å²) in [6.07, 6.45) is 0. The minimum Gasteiger partial charge on any atom is -0.293 e. The highest BCUT2D eigenvalue weighted by atomic mass is 35.5. The number of Topliss-reactive ketones (excluding diaryl/α,β-unsaturated/α-hetero) is 2. The Bertz CT molecular complexity index is 558. The van der Waals surface area contributed by atoms with Gasteiger partial charge in [0.1, 0.15) is 0 Å². The van der Waals surface area contributed by atoms with Crippen LogP contribution < -0.4 is 0 Å². The van der Waals surface area contributed by atoms with Crippen molar-refractivity contribution in [3.05, 3.63) is 57.2 Å². The summed E-state index contributed by atoms with van der Waals surface area (Å²) in [7, 11) is 0. The van der Waals surface area contributed by atoms with Crippen LogP contribution >= 0.6 is 22.9 Å². The molecule has 0 N–H and O–H groups in total. The van der Waals surface area contributed by atoms with Gasteiger partial charge in [-0.1, -0.05) is 17.7 Å². The van der Waals surface area contributed by atoms with Gasteiger partial charge in [-0.25, -0.2) is 0 Å². The van der Waals surface area contributed by atoms with E-state index in [1.54, 1.807) is 43.3 Å². The third-order valence-corrected chi connectivity index (χ3v) is 3.82. The Labute approximate surface area is 114 Å². The quantitative estimate of drug-likeness (QED) is 0.623. The lowest BCUT2D eigenvalue weighted by atomic mass is 9.95. The van der Waals surface area contributed by atoms with E-state index >= 15 is 0 Å². The zero-order valence-electron chi connectivity index (χ0n) is 9.72. The van der Waals surface area contributed by atoms with Crippen LogP contribution in [0.25, 0.3) is 0 Å². The van der Waals surface area contributed by atoms with Crippen molar-refractivity contribution in [1.82, 2.24) is 0 Å². The highest BCUT2D eigenvalue weighted by molar-refractivity contribution is 7.12. The molecular weight excluding hydrogens is 268 g/mol. The van der Waals surface area contributed by atoms with Crippen LogP contribution in [0.15, 0.2) is 41.8 Å². The van der Waals surface area contributed by atoms with Gasteiger partial charge in [0.05, 0.1) is 10.8 Å². The summed E-state index contributed by atoms with van der Waals surface area (Å²) >= 11 is 7.11. The number of carbonyl (C=O) groups excluding carboxylic acids is 2. The third kappa shape index (κ3) is 2.68. The molecule has 0 aliphatic rings. The van der Waals surface area contributed by atoms with Gasteiger partial charge in [0.15, 0.2) is 11.6 Å². The summed E-state index contributed by atoms with van der Waals surface area (Å²) < 4.78 is 0. The molecule has 92 valence electrons. The molecule has 4 heteroatoms. The molecule has 0 fully saturated rings. The average molecular weight is 279 g/mol. The van der Waals surface area contributed by atoms with Crippen LogP contribution in [0.5, 0.6) is 0 Å². The van der Waals surface area contributed by atoms with Crippen LogP contribution in [-0.4, -0.2) is 11.6 Å². The molecule has 0 aliphatic heterocycles. The molecule has 0 amide bonds. The van der Waals surface area contributed by atoms with Crippen molar-refractivity contribution >= 4 is 34.5 Å². The number of halogens is 1. The second kappa shape index (κ2) is 5.46. The maximum absolute atomic E-state index is 12.1. The number of thiophene rings is 1. The first-order chi connectivity index (χ1) is 8.59. The first kappa shape index (κ1) is 13.0. The van der Waals surface area contributed by atoms with Crippen molar-refractivity contribution < 1.29 is 9.59 Å². The van der Waals surface area contributed by atoms with Crippen LogP contribution in [-0.2, 0) is 0 Å². The number of rotatable bonds is 4. The summed E-state index contributed by atoms with van der Waals surface area (Å²) in [5.41, 5.74) is 0.511. The molecule has 18 heavy (non-hydrogen) atoms. The first-order valence-electron chi connectivity index (χ1n) is 5.47. The SMILES string of the molecule is CC(C(=O)c1ccc(Cl)cc1)C(=O)c1cccs1. The van der Waals surface area contributed by atoms with Crippen LogP contribution in [0.3, 0.4) is 0 Å². The fourth-order valence-corrected chi connectivity index (χ4v) is 2.50. The van der Waals surface area contributed by atoms with E-state index in [-0.39, 0.29) is 11.6 Å². The Morgan fingerprint density at radius 1 is 1.11 bits per heavy atom. The molecule has 2 aromatic rings. The van der Waals surface area contributed by atoms with Gasteiger partial charge in [0.25, 0.3) is 0 Å². The minimum atomic E-state index is -0.662. The van der Waals surface area contributed by atoms with E-state index in [9.17, 15) is 9.59 Å². The maximum Gasteiger partial charge on any atom is 0.183 e. The molecule has 0 aliphatic carbocycles. The Morgan fingerprint density at radius 2 is 1.78 bits per heavy atom. The summed E-state index contributed by atoms with van der Waals surface area (Å²) in [4.78, 5) is 24.8. The molecule has 1 atom stereocenters. The summed E-state index contributed by atoms with van der Waals surface area (Å²) in [6, 6.07) is 10.1. The van der Waals surface area contributed by atoms with Gasteiger partial charge in [0.2, 0.25) is 0 Å². The molecule has 2 rings (SSSR count). The molecule has 0 bridgehead atoms. The predicted molar refractivity (Wildman–Crippen MR) is 73.6 cm³/mol. The van der Waals surface area contributed by atoms with E-state index in [2.05, 4.69) is 0 Å². The maximum atomic E-state index is 12.1. The van der Waals surface area contributed by atoms with Crippen LogP contribution in [0.1, 0.15) is 27.0 Å². The number of hydrogen-bond acceptors (Lipinski definition) is 3. The molecule has 1 heterocycles. The van der Waals surface area contributed by atoms with E-state index in [0.29, 0.717) is 15.5 Å². The van der Waals surface area contributed by atoms with Crippen molar-refractivity contribution in [3.8, 4) is 0 Å². The van der Waals surface area contributed by atoms with Crippen molar-refractivity contribution in [2.75, 3.05) is 0 Å². The Hall–Kier alpha value is -1.45. The summed E-state index contributed by atoms with van der Waals surface area (Å²) in [5, 5.41) is 2.40. The van der Waals surface area contributed by atoms with Gasteiger partial charge in [-0.05, 0) is 42.6 Å². The van der Waals surface area contributed by atoms with Gasteiger partial charge in [-0.2, -0.15) is 0 Å². The lowest BCUT2D eigenvalue weighted by Gasteiger charge is -2.08. The number of carbonyl (C=O) groups is 2. The van der Waals surface area contributed by atoms with Crippen molar-refractivity contribution in [2.24, 2.45) is 5.92 Å². The monoisotopic (exact) mass is 278 g/mol. The molecule has 1 aromatic carbocycles. The van der Waals surface area contributed by atoms with Gasteiger partial charge in [-0.15, -0.1) is 11.3 Å². The number of ketones is 2. The molecule has 1 aromatic heterocycles. The number of hydrogen-bond donors (Lipinski definition) is 0. The summed E-state index contributed by atoms with van der Waals surface area (Å²) in [5.74, 6) is -0.972. The fraction of sp³-hybridized carbons (Fsp3) is 0.143. The molecule has 2 nitrogen and oxygen atoms in total. The van der Waals surface area contributed by atoms with Crippen LogP contribution in [0, 0.1) is 5.92 Å². The zero-order valence-corrected chi connectivity index (χ0v) is 11.3. The fourth-order valence-electron chi connectivity index (χ4n) is 1.62. The average Bonchev–Trinajstić information content (AvgIpc) is 2.91. The zero-order chi connectivity index (χ0) is 13.1. The topological polar surface area (TPSA) is 34.1 Å². The lowest BCUT2D eigenvalue weighted by molar-refractivity contribution is 0.0823. The molecule has 1 unspecified atom stereocenters. The van der Waals surface area contributed by atoms with Crippen LogP contribution in [0.4, 0.5) is 0 Å². The minimum absolute atomic E-state index is 0.134. The van der Waals surface area contributed by atoms with Crippen LogP contribution in [0.2, 0.25) is 5.02 Å². The van der Waals surface area contributed by atoms with E-state index < -0.39 is 5.92 Å². The highest BCUT2D eigenvalue weighted by Gasteiger charge is 2.24. The Balaban J connectivity index is 2.19. The van der Waals surface area contributed by atoms with Crippen molar-refractivity contribution in [1.29, 1.82) is 0 Å². The van der Waals surface area contributed by atoms with Crippen molar-refractivity contribution in [2.45, 2.75) is 6.92 Å². The largest absolute Gasteiger partial charge is 0.293 e. The Morgan fingerprint density at radius 3 is 2.33 bits per heavy atom. The normalized spacial score (nSPS) is 12.1. The van der Waals surface area contributed by atoms with E-state index in [1.807, 2.05) is 5.38 Å². The van der Waals surface area contributed by atoms with E-state index in [4.69, 9.17) is 11.6 Å². The summed E-state index contributed by atoms with van der Waals surface area (Å²) in [6.45, 7) is 1.64. The second-order valence-corrected chi connectivity index (χ2v) is 5.32. The predicted octanol–water partition coefficient (Wildman–Crippen LogP) is 4.10. The Kier molecular flexibility index (Phi) is 3.94. The van der Waals surface area contributed by atoms with Crippen molar-refractivity contribution in [3.63, 3.8) is 0 Å². The van der Waals surface area contributed by atoms with Gasteiger partial charge in [0, 0.05) is 10.6 Å². The van der Waals surface area contributed by atoms with Gasteiger partial charge < -0.3 is 0 Å². The molecule has 0 saturated heterocycles. The van der Waals surface area contributed by atoms with Gasteiger partial charge >= 0.3 is 0 Å². The smallest absolute Gasteiger partial charge is 0.183 e. The van der Waals surface area contributed by atoms with E-state index in [1.165, 1.54) is 11.3 Å². The highest BCUT2D eigenvalue weighted by Crippen LogP contribution is 2.19. The molecular formula is C14H11ClO2S. The lowest BCUT2D eigenvalue weighted by Crippen LogP contribution is -2.20. The molecule has 0 spiro atoms. The number of benzene rings is 1. The van der Waals surface area contributed by atoms with Gasteiger partial charge in [-0.3, -0.25) is 9.59 Å². The molecule has 0 saturated carbocycles. The second-order valence-electron chi connectivity index (χ2n) is 3.93. The third-order valence-electron chi connectivity index (χ3n) is 2.68. The standard InChI is InChI=1S/C14H11ClO2S/c1-9(14(17)12-3-2-8-18-12)13(16)10-4-6-11(15)7-5-10/h2-9H,1H3. The molecule has 0 radical (unpaired) electrons.